The molecule has 0 aliphatic heterocycles. The third-order valence-electron chi connectivity index (χ3n) is 7.13. The third kappa shape index (κ3) is 18.5. The van der Waals surface area contributed by atoms with Gasteiger partial charge < -0.3 is 14.2 Å². The van der Waals surface area contributed by atoms with E-state index in [0.29, 0.717) is 17.2 Å². The van der Waals surface area contributed by atoms with Gasteiger partial charge >= 0.3 is 0 Å². The summed E-state index contributed by atoms with van der Waals surface area (Å²) < 4.78 is 15.4. The van der Waals surface area contributed by atoms with Crippen LogP contribution in [0, 0.1) is 11.8 Å². The van der Waals surface area contributed by atoms with Crippen LogP contribution in [0.15, 0.2) is 66.3 Å². The second kappa shape index (κ2) is 30.4. The largest absolute Gasteiger partial charge is 0.497 e. The van der Waals surface area contributed by atoms with Gasteiger partial charge in [0, 0.05) is 48.8 Å². The van der Waals surface area contributed by atoms with Gasteiger partial charge in [0.15, 0.2) is 0 Å². The van der Waals surface area contributed by atoms with Gasteiger partial charge in [-0.2, -0.15) is 0 Å². The lowest BCUT2D eigenvalue weighted by Gasteiger charge is -2.46. The van der Waals surface area contributed by atoms with E-state index in [-0.39, 0.29) is 5.12 Å². The Labute approximate surface area is 283 Å². The zero-order valence-electron chi connectivity index (χ0n) is 31.7. The number of nitrogens with zero attached hydrogens (tertiary/aromatic N) is 1. The lowest BCUT2D eigenvalue weighted by molar-refractivity contribution is -0.107. The van der Waals surface area contributed by atoms with Gasteiger partial charge in [-0.15, -0.1) is 0 Å². The first-order chi connectivity index (χ1) is 21.7. The Morgan fingerprint density at radius 2 is 1.60 bits per heavy atom. The highest BCUT2D eigenvalue weighted by atomic mass is 32.2. The summed E-state index contributed by atoms with van der Waals surface area (Å²) in [4.78, 5) is 15.0. The highest BCUT2D eigenvalue weighted by molar-refractivity contribution is 8.14. The summed E-state index contributed by atoms with van der Waals surface area (Å²) >= 11 is 1.54. The zero-order chi connectivity index (χ0) is 35.4. The van der Waals surface area contributed by atoms with Crippen molar-refractivity contribution in [1.29, 1.82) is 0 Å². The van der Waals surface area contributed by atoms with Crippen molar-refractivity contribution >= 4 is 16.9 Å². The number of thioether (sulfide) groups is 1. The molecule has 0 bridgehead atoms. The molecule has 0 aromatic heterocycles. The van der Waals surface area contributed by atoms with Crippen LogP contribution in [-0.2, 0) is 16.1 Å². The number of allylic oxidation sites excluding steroid dienone is 6. The predicted octanol–water partition coefficient (Wildman–Crippen LogP) is 11.0. The number of hydrogen-bond acceptors (Lipinski definition) is 6. The van der Waals surface area contributed by atoms with Crippen molar-refractivity contribution in [3.63, 3.8) is 0 Å². The minimum atomic E-state index is 0.213. The average Bonchev–Trinajstić information content (AvgIpc) is 3.37. The molecule has 0 saturated heterocycles. The summed E-state index contributed by atoms with van der Waals surface area (Å²) in [5, 5.41) is 0.663. The highest BCUT2D eigenvalue weighted by Crippen LogP contribution is 2.52. The van der Waals surface area contributed by atoms with Gasteiger partial charge in [0.1, 0.15) is 11.5 Å². The fourth-order valence-electron chi connectivity index (χ4n) is 5.02. The number of ether oxygens (including phenoxy) is 3. The first kappa shape index (κ1) is 47.1. The van der Waals surface area contributed by atoms with Gasteiger partial charge in [0.05, 0.1) is 14.2 Å². The monoisotopic (exact) mass is 647 g/mol. The summed E-state index contributed by atoms with van der Waals surface area (Å²) in [6.07, 6.45) is 13.1. The quantitative estimate of drug-likeness (QED) is 0.186. The van der Waals surface area contributed by atoms with E-state index in [4.69, 9.17) is 9.47 Å². The molecule has 0 N–H and O–H groups in total. The Balaban J connectivity index is -0.000000928. The molecule has 4 atom stereocenters. The van der Waals surface area contributed by atoms with E-state index in [0.717, 1.165) is 42.6 Å². The fourth-order valence-corrected chi connectivity index (χ4v) is 6.31. The van der Waals surface area contributed by atoms with E-state index < -0.39 is 0 Å². The molecule has 0 amide bonds. The van der Waals surface area contributed by atoms with E-state index in [1.54, 1.807) is 39.2 Å². The standard InChI is InChI=1S/C24H33NO3S.C6H10.C3H8O.3C2H6/c1-6-8-16(7-2)24(26)29-20-11-18-12-22(21(18)14-20)25(3)15-17-9-10-19(27-4)13-23(17)28-5;1-4-5-6(2)3;1-3-4-2;3*1-2/h6-10,13,18,20-22H,11-12,14-15H2,1-5H3;4-5H,1H2,2-3H3;3H2,1-2H3;3*1-2H3/b8-6-,16-7+;;;;;/t18-,20?,21-,22?;;;;;/m1...../s1. The zero-order valence-corrected chi connectivity index (χ0v) is 32.5. The molecular formula is C39H69NO4S. The van der Waals surface area contributed by atoms with Crippen LogP contribution < -0.4 is 9.47 Å². The highest BCUT2D eigenvalue weighted by Gasteiger charge is 2.49. The molecule has 2 fully saturated rings. The summed E-state index contributed by atoms with van der Waals surface area (Å²) in [5.74, 6) is 3.16. The minimum Gasteiger partial charge on any atom is -0.497 e. The van der Waals surface area contributed by atoms with Crippen LogP contribution in [0.4, 0.5) is 0 Å². The van der Waals surface area contributed by atoms with Crippen LogP contribution in [0.1, 0.15) is 101 Å². The van der Waals surface area contributed by atoms with Crippen molar-refractivity contribution in [2.45, 2.75) is 113 Å². The maximum Gasteiger partial charge on any atom is 0.219 e. The van der Waals surface area contributed by atoms with E-state index in [1.165, 1.54) is 24.0 Å². The molecule has 2 unspecified atom stereocenters. The molecule has 260 valence electrons. The second-order valence-corrected chi connectivity index (χ2v) is 11.4. The molecule has 0 spiro atoms. The van der Waals surface area contributed by atoms with Crippen molar-refractivity contribution in [2.75, 3.05) is 35.0 Å². The lowest BCUT2D eigenvalue weighted by Crippen LogP contribution is -2.48. The fraction of sp³-hybridized carbons (Fsp3) is 0.615. The van der Waals surface area contributed by atoms with Gasteiger partial charge in [-0.3, -0.25) is 9.69 Å². The molecule has 1 aromatic rings. The van der Waals surface area contributed by atoms with Gasteiger partial charge in [-0.1, -0.05) is 102 Å². The Morgan fingerprint density at radius 3 is 2.02 bits per heavy atom. The molecule has 2 saturated carbocycles. The topological polar surface area (TPSA) is 48.0 Å². The number of fused-ring (bicyclic) bond motifs is 1. The van der Waals surface area contributed by atoms with Gasteiger partial charge in [-0.25, -0.2) is 0 Å². The predicted molar refractivity (Wildman–Crippen MR) is 202 cm³/mol. The Hall–Kier alpha value is -2.28. The first-order valence-corrected chi connectivity index (χ1v) is 17.7. The van der Waals surface area contributed by atoms with Gasteiger partial charge in [-0.05, 0) is 78.8 Å². The van der Waals surface area contributed by atoms with Crippen molar-refractivity contribution in [3.8, 4) is 11.5 Å². The maximum absolute atomic E-state index is 12.5. The SMILES string of the molecule is C/C=C\C(=C/C)C(=O)SC1C[C@@H]2CC(N(C)Cc3ccc(OC)cc3OC)[C@@H]2C1.C=CC=C(C)C.CC.CC.CC.CCOC. The number of carbonyl (C=O) groups excluding carboxylic acids is 1. The smallest absolute Gasteiger partial charge is 0.219 e. The van der Waals surface area contributed by atoms with Crippen molar-refractivity contribution < 1.29 is 19.0 Å². The first-order valence-electron chi connectivity index (χ1n) is 16.8. The summed E-state index contributed by atoms with van der Waals surface area (Å²) in [7, 11) is 7.27. The van der Waals surface area contributed by atoms with Crippen LogP contribution >= 0.6 is 11.8 Å². The number of carbonyl (C=O) groups is 1. The molecule has 6 heteroatoms. The second-order valence-electron chi connectivity index (χ2n) is 10.1. The Bertz CT molecular complexity index is 979. The minimum absolute atomic E-state index is 0.213. The molecule has 5 nitrogen and oxygen atoms in total. The van der Waals surface area contributed by atoms with E-state index in [9.17, 15) is 4.79 Å². The third-order valence-corrected chi connectivity index (χ3v) is 8.30. The number of methoxy groups -OCH3 is 3. The average molecular weight is 648 g/mol. The number of rotatable bonds is 10. The van der Waals surface area contributed by atoms with Crippen LogP contribution in [0.5, 0.6) is 11.5 Å². The molecule has 0 radical (unpaired) electrons. The van der Waals surface area contributed by atoms with E-state index >= 15 is 0 Å². The molecule has 1 aromatic carbocycles. The van der Waals surface area contributed by atoms with Crippen LogP contribution in [0.2, 0.25) is 0 Å². The molecule has 45 heavy (non-hydrogen) atoms. The van der Waals surface area contributed by atoms with E-state index in [1.807, 2.05) is 113 Å². The van der Waals surface area contributed by atoms with E-state index in [2.05, 4.69) is 29.3 Å². The van der Waals surface area contributed by atoms with Gasteiger partial charge in [0.2, 0.25) is 5.12 Å². The molecule has 3 rings (SSSR count). The van der Waals surface area contributed by atoms with Crippen molar-refractivity contribution in [2.24, 2.45) is 11.8 Å². The summed E-state index contributed by atoms with van der Waals surface area (Å²) in [5.41, 5.74) is 3.30. The summed E-state index contributed by atoms with van der Waals surface area (Å²) in [6, 6.07) is 6.62. The Morgan fingerprint density at radius 1 is 1.00 bits per heavy atom. The summed E-state index contributed by atoms with van der Waals surface area (Å²) in [6.45, 7) is 27.1. The number of benzene rings is 1. The number of hydrogen-bond donors (Lipinski definition) is 0. The molecule has 2 aliphatic carbocycles. The normalized spacial score (nSPS) is 19.1. The molecule has 2 aliphatic rings. The molecular weight excluding hydrogens is 578 g/mol. The van der Waals surface area contributed by atoms with Crippen molar-refractivity contribution in [3.05, 3.63) is 71.9 Å². The molecule has 0 heterocycles. The Kier molecular flexibility index (Phi) is 31.8. The van der Waals surface area contributed by atoms with Gasteiger partial charge in [0.25, 0.3) is 0 Å². The van der Waals surface area contributed by atoms with Crippen molar-refractivity contribution in [1.82, 2.24) is 4.90 Å². The van der Waals surface area contributed by atoms with Crippen LogP contribution in [0.25, 0.3) is 0 Å². The van der Waals surface area contributed by atoms with Crippen LogP contribution in [0.3, 0.4) is 0 Å². The van der Waals surface area contributed by atoms with Crippen LogP contribution in [-0.4, -0.2) is 56.3 Å². The maximum atomic E-state index is 12.5. The lowest BCUT2D eigenvalue weighted by atomic mass is 9.71.